The molecule has 0 aliphatic carbocycles. The predicted octanol–water partition coefficient (Wildman–Crippen LogP) is 1.04. The third kappa shape index (κ3) is 7.96. The number of methoxy groups -OCH3 is 1. The number of ether oxygens (including phenoxy) is 2. The molecule has 0 radical (unpaired) electrons. The minimum Gasteiger partial charge on any atom is -0.382 e. The zero-order chi connectivity index (χ0) is 27.0. The SMILES string of the molecule is COCC(NC(=O)c1ccno1)C(=O)N[C@@H](Cc1ccccc1)C(=O)NC(CC(C)C)C(=O)[C@@]1(C)CO1. The van der Waals surface area contributed by atoms with Gasteiger partial charge in [0.15, 0.2) is 5.78 Å². The highest BCUT2D eigenvalue weighted by Crippen LogP contribution is 2.29. The number of ketones is 1. The Bertz CT molecular complexity index is 1070. The monoisotopic (exact) mass is 514 g/mol. The molecule has 200 valence electrons. The van der Waals surface area contributed by atoms with Crippen molar-refractivity contribution in [1.29, 1.82) is 0 Å². The quantitative estimate of drug-likeness (QED) is 0.316. The van der Waals surface area contributed by atoms with E-state index in [9.17, 15) is 19.2 Å². The van der Waals surface area contributed by atoms with Gasteiger partial charge in [-0.2, -0.15) is 0 Å². The van der Waals surface area contributed by atoms with Gasteiger partial charge < -0.3 is 29.9 Å². The number of aromatic nitrogens is 1. The van der Waals surface area contributed by atoms with Crippen molar-refractivity contribution in [2.24, 2.45) is 5.92 Å². The number of nitrogens with one attached hydrogen (secondary N) is 3. The normalized spacial score (nSPS) is 18.9. The summed E-state index contributed by atoms with van der Waals surface area (Å²) in [6, 6.07) is 7.63. The first-order chi connectivity index (χ1) is 17.6. The zero-order valence-corrected chi connectivity index (χ0v) is 21.5. The third-order valence-corrected chi connectivity index (χ3v) is 5.97. The molecule has 1 aliphatic heterocycles. The summed E-state index contributed by atoms with van der Waals surface area (Å²) in [4.78, 5) is 52.1. The molecular weight excluding hydrogens is 480 g/mol. The molecule has 37 heavy (non-hydrogen) atoms. The van der Waals surface area contributed by atoms with Crippen LogP contribution >= 0.6 is 0 Å². The first kappa shape index (κ1) is 28.0. The van der Waals surface area contributed by atoms with E-state index in [0.717, 1.165) is 5.56 Å². The molecule has 1 saturated heterocycles. The Morgan fingerprint density at radius 2 is 1.65 bits per heavy atom. The molecule has 0 bridgehead atoms. The molecule has 3 rings (SSSR count). The molecule has 11 heteroatoms. The van der Waals surface area contributed by atoms with Crippen LogP contribution in [0.5, 0.6) is 0 Å². The molecule has 2 unspecified atom stereocenters. The van der Waals surface area contributed by atoms with Gasteiger partial charge in [0.1, 0.15) is 17.7 Å². The fraction of sp³-hybridized carbons (Fsp3) is 0.500. The lowest BCUT2D eigenvalue weighted by atomic mass is 9.93. The summed E-state index contributed by atoms with van der Waals surface area (Å²) in [7, 11) is 1.39. The molecule has 0 saturated carbocycles. The lowest BCUT2D eigenvalue weighted by Gasteiger charge is -2.26. The van der Waals surface area contributed by atoms with E-state index in [1.165, 1.54) is 19.4 Å². The van der Waals surface area contributed by atoms with Crippen LogP contribution in [0.3, 0.4) is 0 Å². The molecule has 3 N–H and O–H groups in total. The van der Waals surface area contributed by atoms with Crippen molar-refractivity contribution in [1.82, 2.24) is 21.1 Å². The van der Waals surface area contributed by atoms with Crippen molar-refractivity contribution in [2.45, 2.75) is 57.3 Å². The number of carbonyl (C=O) groups excluding carboxylic acids is 4. The Morgan fingerprint density at radius 3 is 2.22 bits per heavy atom. The van der Waals surface area contributed by atoms with Crippen molar-refractivity contribution in [3.63, 3.8) is 0 Å². The summed E-state index contributed by atoms with van der Waals surface area (Å²) in [6.45, 7) is 5.78. The van der Waals surface area contributed by atoms with Crippen molar-refractivity contribution >= 4 is 23.5 Å². The van der Waals surface area contributed by atoms with Crippen LogP contribution in [-0.4, -0.2) is 72.7 Å². The maximum Gasteiger partial charge on any atom is 0.290 e. The summed E-state index contributed by atoms with van der Waals surface area (Å²) < 4.78 is 15.3. The Morgan fingerprint density at radius 1 is 1.00 bits per heavy atom. The molecule has 2 aromatic rings. The van der Waals surface area contributed by atoms with E-state index in [2.05, 4.69) is 21.1 Å². The molecule has 4 atom stereocenters. The second-order valence-electron chi connectivity index (χ2n) is 9.68. The number of Topliss-reactive ketones (excluding diaryl/α,β-unsaturated/α-hetero) is 1. The number of hydrogen-bond donors (Lipinski definition) is 3. The third-order valence-electron chi connectivity index (χ3n) is 5.97. The van der Waals surface area contributed by atoms with Gasteiger partial charge in [-0.1, -0.05) is 49.3 Å². The van der Waals surface area contributed by atoms with Crippen LogP contribution in [0.15, 0.2) is 47.1 Å². The minimum atomic E-state index is -1.11. The van der Waals surface area contributed by atoms with Crippen molar-refractivity contribution in [2.75, 3.05) is 20.3 Å². The fourth-order valence-corrected chi connectivity index (χ4v) is 3.84. The molecule has 1 aliphatic rings. The van der Waals surface area contributed by atoms with E-state index >= 15 is 0 Å². The van der Waals surface area contributed by atoms with Gasteiger partial charge in [0.25, 0.3) is 5.91 Å². The Kier molecular flexibility index (Phi) is 9.54. The standard InChI is InChI=1S/C26H34N4O7/c1-16(2)12-18(22(31)26(3)15-36-26)28-23(32)19(13-17-8-6-5-7-9-17)29-24(33)20(14-35-4)30-25(34)21-10-11-27-37-21/h5-11,16,18-20H,12-15H2,1-4H3,(H,28,32)(H,29,33)(H,30,34)/t18?,19-,20?,26+/m0/s1. The van der Waals surface area contributed by atoms with Crippen LogP contribution in [0.1, 0.15) is 43.3 Å². The lowest BCUT2D eigenvalue weighted by Crippen LogP contribution is -2.58. The molecular formula is C26H34N4O7. The van der Waals surface area contributed by atoms with Gasteiger partial charge in [-0.3, -0.25) is 19.2 Å². The number of carbonyl (C=O) groups is 4. The average Bonchev–Trinajstić information content (AvgIpc) is 3.38. The number of rotatable bonds is 14. The Hall–Kier alpha value is -3.57. The summed E-state index contributed by atoms with van der Waals surface area (Å²) in [5.74, 6) is -1.93. The summed E-state index contributed by atoms with van der Waals surface area (Å²) in [5.41, 5.74) is -0.0966. The van der Waals surface area contributed by atoms with E-state index in [4.69, 9.17) is 14.0 Å². The van der Waals surface area contributed by atoms with E-state index in [1.807, 2.05) is 44.2 Å². The summed E-state index contributed by atoms with van der Waals surface area (Å²) in [6.07, 6.45) is 1.90. The van der Waals surface area contributed by atoms with E-state index < -0.39 is 41.4 Å². The molecule has 3 amide bonds. The van der Waals surface area contributed by atoms with Gasteiger partial charge in [0.2, 0.25) is 17.6 Å². The smallest absolute Gasteiger partial charge is 0.290 e. The predicted molar refractivity (Wildman–Crippen MR) is 132 cm³/mol. The maximum absolute atomic E-state index is 13.5. The van der Waals surface area contributed by atoms with Gasteiger partial charge in [0, 0.05) is 19.6 Å². The topological polar surface area (TPSA) is 152 Å². The van der Waals surface area contributed by atoms with Gasteiger partial charge in [0.05, 0.1) is 25.5 Å². The van der Waals surface area contributed by atoms with Gasteiger partial charge >= 0.3 is 0 Å². The highest BCUT2D eigenvalue weighted by atomic mass is 16.6. The van der Waals surface area contributed by atoms with E-state index in [-0.39, 0.29) is 30.5 Å². The van der Waals surface area contributed by atoms with E-state index in [0.29, 0.717) is 13.0 Å². The van der Waals surface area contributed by atoms with Crippen LogP contribution < -0.4 is 16.0 Å². The number of epoxide rings is 1. The average molecular weight is 515 g/mol. The zero-order valence-electron chi connectivity index (χ0n) is 21.5. The van der Waals surface area contributed by atoms with Crippen molar-refractivity contribution < 1.29 is 33.2 Å². The summed E-state index contributed by atoms with van der Waals surface area (Å²) >= 11 is 0. The fourth-order valence-electron chi connectivity index (χ4n) is 3.84. The Balaban J connectivity index is 1.77. The van der Waals surface area contributed by atoms with Crippen LogP contribution in [0.25, 0.3) is 0 Å². The number of hydrogen-bond acceptors (Lipinski definition) is 8. The second kappa shape index (κ2) is 12.6. The van der Waals surface area contributed by atoms with Crippen molar-refractivity contribution in [3.8, 4) is 0 Å². The van der Waals surface area contributed by atoms with Gasteiger partial charge in [-0.05, 0) is 24.8 Å². The second-order valence-corrected chi connectivity index (χ2v) is 9.68. The number of benzene rings is 1. The molecule has 1 aromatic heterocycles. The van der Waals surface area contributed by atoms with E-state index in [1.54, 1.807) is 6.92 Å². The first-order valence-corrected chi connectivity index (χ1v) is 12.2. The molecule has 1 aromatic carbocycles. The van der Waals surface area contributed by atoms with Gasteiger partial charge in [-0.15, -0.1) is 0 Å². The van der Waals surface area contributed by atoms with Crippen LogP contribution in [0.2, 0.25) is 0 Å². The number of amides is 3. The Labute approximate surface area is 215 Å². The molecule has 1 fully saturated rings. The number of nitrogens with zero attached hydrogens (tertiary/aromatic N) is 1. The first-order valence-electron chi connectivity index (χ1n) is 12.2. The molecule has 2 heterocycles. The molecule has 11 nitrogen and oxygen atoms in total. The van der Waals surface area contributed by atoms with Crippen LogP contribution in [0, 0.1) is 5.92 Å². The van der Waals surface area contributed by atoms with Crippen molar-refractivity contribution in [3.05, 3.63) is 53.9 Å². The lowest BCUT2D eigenvalue weighted by molar-refractivity contribution is -0.133. The maximum atomic E-state index is 13.5. The summed E-state index contributed by atoms with van der Waals surface area (Å²) in [5, 5.41) is 11.6. The minimum absolute atomic E-state index is 0.0710. The molecule has 0 spiro atoms. The highest BCUT2D eigenvalue weighted by molar-refractivity contribution is 5.99. The highest BCUT2D eigenvalue weighted by Gasteiger charge is 2.50. The van der Waals surface area contributed by atoms with Crippen LogP contribution in [-0.2, 0) is 30.3 Å². The van der Waals surface area contributed by atoms with Gasteiger partial charge in [-0.25, -0.2) is 0 Å². The largest absolute Gasteiger partial charge is 0.382 e. The van der Waals surface area contributed by atoms with Crippen LogP contribution in [0.4, 0.5) is 0 Å².